The third kappa shape index (κ3) is 2.03. The van der Waals surface area contributed by atoms with E-state index in [0.29, 0.717) is 22.3 Å². The van der Waals surface area contributed by atoms with Gasteiger partial charge in [0, 0.05) is 28.3 Å². The number of carbonyl (C=O) groups excluding carboxylic acids is 1. The number of phenolic OH excluding ortho intramolecular Hbond substituents is 2. The number of hydrogen-bond donors (Lipinski definition) is 3. The molecule has 0 aromatic heterocycles. The quantitative estimate of drug-likeness (QED) is 0.526. The second kappa shape index (κ2) is 5.76. The first-order valence-corrected chi connectivity index (χ1v) is 9.21. The third-order valence-corrected chi connectivity index (χ3v) is 5.80. The Labute approximate surface area is 170 Å². The number of carbonyl (C=O) groups is 2. The molecule has 7 heteroatoms. The van der Waals surface area contributed by atoms with Crippen molar-refractivity contribution in [3.05, 3.63) is 81.4 Å². The van der Waals surface area contributed by atoms with Gasteiger partial charge in [0.1, 0.15) is 23.0 Å². The molecule has 2 aliphatic rings. The largest absolute Gasteiger partial charge is 0.508 e. The third-order valence-electron chi connectivity index (χ3n) is 5.80. The van der Waals surface area contributed by atoms with E-state index in [4.69, 9.17) is 9.47 Å². The van der Waals surface area contributed by atoms with Gasteiger partial charge in [-0.05, 0) is 32.0 Å². The number of carboxylic acids is 1. The van der Waals surface area contributed by atoms with Gasteiger partial charge in [0.05, 0.1) is 16.7 Å². The van der Waals surface area contributed by atoms with Crippen molar-refractivity contribution in [2.75, 3.05) is 0 Å². The second-order valence-corrected chi connectivity index (χ2v) is 7.38. The predicted octanol–water partition coefficient (Wildman–Crippen LogP) is 3.98. The summed E-state index contributed by atoms with van der Waals surface area (Å²) in [5, 5.41) is 30.6. The van der Waals surface area contributed by atoms with Gasteiger partial charge in [-0.3, -0.25) is 0 Å². The highest BCUT2D eigenvalue weighted by atomic mass is 16.6. The SMILES string of the molecule is Cc1c(O)c(C)c(C(=O)O)c2c1Oc1cc(O)ccc1C21OC(=O)c2ccccc21. The molecule has 2 heterocycles. The summed E-state index contributed by atoms with van der Waals surface area (Å²) in [5.74, 6) is -1.89. The number of aromatic hydroxyl groups is 2. The molecule has 1 atom stereocenters. The van der Waals surface area contributed by atoms with Crippen molar-refractivity contribution >= 4 is 11.9 Å². The first-order chi connectivity index (χ1) is 14.3. The lowest BCUT2D eigenvalue weighted by Gasteiger charge is -2.38. The van der Waals surface area contributed by atoms with Crippen molar-refractivity contribution in [1.29, 1.82) is 0 Å². The maximum atomic E-state index is 12.8. The van der Waals surface area contributed by atoms with Crippen LogP contribution in [0.5, 0.6) is 23.0 Å². The predicted molar refractivity (Wildman–Crippen MR) is 104 cm³/mol. The van der Waals surface area contributed by atoms with E-state index in [2.05, 4.69) is 0 Å². The van der Waals surface area contributed by atoms with E-state index >= 15 is 0 Å². The van der Waals surface area contributed by atoms with Gasteiger partial charge >= 0.3 is 11.9 Å². The molecular weight excluding hydrogens is 388 g/mol. The molecule has 0 saturated carbocycles. The molecule has 3 aromatic carbocycles. The van der Waals surface area contributed by atoms with Crippen molar-refractivity contribution < 1.29 is 34.4 Å². The van der Waals surface area contributed by atoms with Gasteiger partial charge in [0.25, 0.3) is 0 Å². The van der Waals surface area contributed by atoms with Crippen LogP contribution in [-0.4, -0.2) is 27.3 Å². The van der Waals surface area contributed by atoms with Crippen molar-refractivity contribution in [2.24, 2.45) is 0 Å². The average Bonchev–Trinajstić information content (AvgIpc) is 3.00. The van der Waals surface area contributed by atoms with Gasteiger partial charge in [-0.2, -0.15) is 0 Å². The van der Waals surface area contributed by atoms with E-state index in [-0.39, 0.29) is 39.7 Å². The summed E-state index contributed by atoms with van der Waals surface area (Å²) >= 11 is 0. The number of carboxylic acid groups (broad SMARTS) is 1. The molecular formula is C23H16O7. The van der Waals surface area contributed by atoms with Crippen LogP contribution >= 0.6 is 0 Å². The van der Waals surface area contributed by atoms with Gasteiger partial charge in [-0.25, -0.2) is 9.59 Å². The molecule has 30 heavy (non-hydrogen) atoms. The number of fused-ring (bicyclic) bond motifs is 6. The first-order valence-electron chi connectivity index (χ1n) is 9.21. The van der Waals surface area contributed by atoms with Crippen molar-refractivity contribution in [3.63, 3.8) is 0 Å². The molecule has 1 spiro atoms. The van der Waals surface area contributed by atoms with Crippen LogP contribution in [0, 0.1) is 13.8 Å². The van der Waals surface area contributed by atoms with E-state index < -0.39 is 17.5 Å². The molecule has 0 aliphatic carbocycles. The van der Waals surface area contributed by atoms with Crippen LogP contribution in [-0.2, 0) is 10.3 Å². The van der Waals surface area contributed by atoms with E-state index in [1.54, 1.807) is 37.3 Å². The fraction of sp³-hybridized carbons (Fsp3) is 0.130. The summed E-state index contributed by atoms with van der Waals surface area (Å²) in [6.07, 6.45) is 0. The molecule has 3 N–H and O–H groups in total. The molecule has 0 amide bonds. The average molecular weight is 404 g/mol. The highest BCUT2D eigenvalue weighted by Crippen LogP contribution is 2.59. The zero-order valence-corrected chi connectivity index (χ0v) is 16.0. The Morgan fingerprint density at radius 3 is 2.47 bits per heavy atom. The summed E-state index contributed by atoms with van der Waals surface area (Å²) in [6.45, 7) is 3.09. The molecule has 0 radical (unpaired) electrons. The van der Waals surface area contributed by atoms with E-state index in [9.17, 15) is 24.9 Å². The summed E-state index contributed by atoms with van der Waals surface area (Å²) < 4.78 is 11.9. The van der Waals surface area contributed by atoms with Gasteiger partial charge in [0.2, 0.25) is 0 Å². The van der Waals surface area contributed by atoms with Crippen LogP contribution in [0.3, 0.4) is 0 Å². The van der Waals surface area contributed by atoms with Crippen LogP contribution in [0.2, 0.25) is 0 Å². The van der Waals surface area contributed by atoms with Crippen LogP contribution in [0.25, 0.3) is 0 Å². The van der Waals surface area contributed by atoms with Gasteiger partial charge in [-0.15, -0.1) is 0 Å². The summed E-state index contributed by atoms with van der Waals surface area (Å²) in [7, 11) is 0. The molecule has 0 saturated heterocycles. The van der Waals surface area contributed by atoms with Gasteiger partial charge in [-0.1, -0.05) is 18.2 Å². The topological polar surface area (TPSA) is 113 Å². The summed E-state index contributed by atoms with van der Waals surface area (Å²) in [6, 6.07) is 11.1. The van der Waals surface area contributed by atoms with Crippen molar-refractivity contribution in [2.45, 2.75) is 19.4 Å². The Hall–Kier alpha value is -4.00. The minimum absolute atomic E-state index is 0.0718. The monoisotopic (exact) mass is 404 g/mol. The number of rotatable bonds is 1. The molecule has 0 bridgehead atoms. The number of phenols is 2. The zero-order chi connectivity index (χ0) is 21.4. The molecule has 2 aliphatic heterocycles. The van der Waals surface area contributed by atoms with Gasteiger partial charge < -0.3 is 24.8 Å². The van der Waals surface area contributed by atoms with Gasteiger partial charge in [0.15, 0.2) is 5.60 Å². The number of aromatic carboxylic acids is 1. The van der Waals surface area contributed by atoms with Crippen LogP contribution in [0.1, 0.15) is 48.5 Å². The number of benzene rings is 3. The lowest BCUT2D eigenvalue weighted by Crippen LogP contribution is -2.35. The fourth-order valence-electron chi connectivity index (χ4n) is 4.46. The van der Waals surface area contributed by atoms with Crippen LogP contribution in [0.4, 0.5) is 0 Å². The molecule has 5 rings (SSSR count). The molecule has 1 unspecified atom stereocenters. The lowest BCUT2D eigenvalue weighted by atomic mass is 9.74. The highest BCUT2D eigenvalue weighted by Gasteiger charge is 2.56. The Kier molecular flexibility index (Phi) is 3.47. The van der Waals surface area contributed by atoms with E-state index in [1.165, 1.54) is 19.1 Å². The molecule has 7 nitrogen and oxygen atoms in total. The normalized spacial score (nSPS) is 18.3. The smallest absolute Gasteiger partial charge is 0.340 e. The molecule has 150 valence electrons. The van der Waals surface area contributed by atoms with E-state index in [0.717, 1.165) is 0 Å². The minimum atomic E-state index is -1.60. The summed E-state index contributed by atoms with van der Waals surface area (Å²) in [4.78, 5) is 25.1. The minimum Gasteiger partial charge on any atom is -0.508 e. The fourth-order valence-corrected chi connectivity index (χ4v) is 4.46. The summed E-state index contributed by atoms with van der Waals surface area (Å²) in [5.41, 5.74) is -0.0386. The van der Waals surface area contributed by atoms with E-state index in [1.807, 2.05) is 0 Å². The Bertz CT molecular complexity index is 1290. The van der Waals surface area contributed by atoms with Crippen molar-refractivity contribution in [3.8, 4) is 23.0 Å². The molecule has 0 fully saturated rings. The number of esters is 1. The lowest BCUT2D eigenvalue weighted by molar-refractivity contribution is 0.0214. The Morgan fingerprint density at radius 1 is 1.00 bits per heavy atom. The number of ether oxygens (including phenoxy) is 2. The van der Waals surface area contributed by atoms with Crippen molar-refractivity contribution in [1.82, 2.24) is 0 Å². The second-order valence-electron chi connectivity index (χ2n) is 7.38. The maximum Gasteiger partial charge on any atom is 0.340 e. The zero-order valence-electron chi connectivity index (χ0n) is 16.0. The van der Waals surface area contributed by atoms with Crippen LogP contribution in [0.15, 0.2) is 42.5 Å². The highest BCUT2D eigenvalue weighted by molar-refractivity contribution is 6.00. The Morgan fingerprint density at radius 2 is 1.73 bits per heavy atom. The van der Waals surface area contributed by atoms with Crippen LogP contribution < -0.4 is 4.74 Å². The molecule has 3 aromatic rings. The number of hydrogen-bond acceptors (Lipinski definition) is 6. The Balaban J connectivity index is 2.02. The maximum absolute atomic E-state index is 12.8. The first kappa shape index (κ1) is 18.1. The standard InChI is InChI=1S/C23H16O7/c1-10-17(21(26)27)18-20(11(2)19(10)25)29-16-9-12(24)7-8-15(16)23(18)14-6-4-3-5-13(14)22(28)30-23/h3-9,24-25H,1-2H3,(H,26,27).